The fourth-order valence-corrected chi connectivity index (χ4v) is 1.51. The summed E-state index contributed by atoms with van der Waals surface area (Å²) in [5.74, 6) is 1.22. The molecule has 0 amide bonds. The van der Waals surface area contributed by atoms with Crippen molar-refractivity contribution in [3.63, 3.8) is 0 Å². The minimum absolute atomic E-state index is 0.00497. The van der Waals surface area contributed by atoms with Crippen LogP contribution in [0.25, 0.3) is 0 Å². The van der Waals surface area contributed by atoms with Crippen LogP contribution >= 0.6 is 0 Å². The van der Waals surface area contributed by atoms with Crippen LogP contribution in [0.15, 0.2) is 18.2 Å². The third kappa shape index (κ3) is 4.56. The van der Waals surface area contributed by atoms with Gasteiger partial charge in [0.05, 0.1) is 19.3 Å². The van der Waals surface area contributed by atoms with Gasteiger partial charge in [-0.15, -0.1) is 0 Å². The van der Waals surface area contributed by atoms with Gasteiger partial charge in [0.15, 0.2) is 17.3 Å². The molecule has 1 rings (SSSR count). The molecule has 0 N–H and O–H groups in total. The standard InChI is InChI=1S/C15H22O4/c1-11(16)12-6-7-13(14(10-12)17-4)19-9-8-15(2,3)18-5/h6-7,10H,8-9H2,1-5H3. The van der Waals surface area contributed by atoms with E-state index in [0.717, 1.165) is 6.42 Å². The Balaban J connectivity index is 2.71. The lowest BCUT2D eigenvalue weighted by Gasteiger charge is -2.23. The van der Waals surface area contributed by atoms with Crippen molar-refractivity contribution in [1.82, 2.24) is 0 Å². The number of hydrogen-bond acceptors (Lipinski definition) is 4. The molecule has 0 saturated heterocycles. The molecule has 0 aliphatic carbocycles. The largest absolute Gasteiger partial charge is 0.493 e. The van der Waals surface area contributed by atoms with Gasteiger partial charge < -0.3 is 14.2 Å². The van der Waals surface area contributed by atoms with Gasteiger partial charge in [-0.3, -0.25) is 4.79 Å². The number of carbonyl (C=O) groups is 1. The second-order valence-electron chi connectivity index (χ2n) is 4.98. The molecule has 4 heteroatoms. The molecule has 0 aliphatic rings. The molecule has 106 valence electrons. The molecule has 0 saturated carbocycles. The van der Waals surface area contributed by atoms with Crippen LogP contribution in [0.3, 0.4) is 0 Å². The predicted octanol–water partition coefficient (Wildman–Crippen LogP) is 3.09. The van der Waals surface area contributed by atoms with Crippen LogP contribution in [0.2, 0.25) is 0 Å². The maximum absolute atomic E-state index is 11.3. The van der Waals surface area contributed by atoms with Gasteiger partial charge in [0.1, 0.15) is 0 Å². The minimum Gasteiger partial charge on any atom is -0.493 e. The van der Waals surface area contributed by atoms with Crippen molar-refractivity contribution in [1.29, 1.82) is 0 Å². The number of methoxy groups -OCH3 is 2. The third-order valence-electron chi connectivity index (χ3n) is 3.08. The highest BCUT2D eigenvalue weighted by Crippen LogP contribution is 2.28. The molecule has 4 nitrogen and oxygen atoms in total. The Labute approximate surface area is 114 Å². The average molecular weight is 266 g/mol. The van der Waals surface area contributed by atoms with Gasteiger partial charge in [-0.05, 0) is 39.0 Å². The van der Waals surface area contributed by atoms with E-state index in [2.05, 4.69) is 0 Å². The smallest absolute Gasteiger partial charge is 0.161 e. The Hall–Kier alpha value is -1.55. The van der Waals surface area contributed by atoms with Crippen LogP contribution in [-0.4, -0.2) is 32.2 Å². The van der Waals surface area contributed by atoms with Crippen molar-refractivity contribution < 1.29 is 19.0 Å². The van der Waals surface area contributed by atoms with Crippen LogP contribution in [0, 0.1) is 0 Å². The molecule has 0 aliphatic heterocycles. The Morgan fingerprint density at radius 3 is 2.42 bits per heavy atom. The molecule has 0 unspecified atom stereocenters. The Kier molecular flexibility index (Phi) is 5.36. The van der Waals surface area contributed by atoms with Crippen molar-refractivity contribution in [3.8, 4) is 11.5 Å². The summed E-state index contributed by atoms with van der Waals surface area (Å²) >= 11 is 0. The van der Waals surface area contributed by atoms with Gasteiger partial charge in [0.25, 0.3) is 0 Å². The van der Waals surface area contributed by atoms with E-state index in [9.17, 15) is 4.79 Å². The quantitative estimate of drug-likeness (QED) is 0.711. The zero-order valence-corrected chi connectivity index (χ0v) is 12.3. The Morgan fingerprint density at radius 1 is 1.21 bits per heavy atom. The SMILES string of the molecule is COc1cc(C(C)=O)ccc1OCCC(C)(C)OC. The molecule has 1 aromatic carbocycles. The van der Waals surface area contributed by atoms with Crippen LogP contribution in [0.5, 0.6) is 11.5 Å². The van der Waals surface area contributed by atoms with Crippen LogP contribution in [-0.2, 0) is 4.74 Å². The molecule has 0 aromatic heterocycles. The molecule has 19 heavy (non-hydrogen) atoms. The van der Waals surface area contributed by atoms with Crippen LogP contribution in [0.1, 0.15) is 37.6 Å². The number of benzene rings is 1. The van der Waals surface area contributed by atoms with Crippen molar-refractivity contribution in [3.05, 3.63) is 23.8 Å². The molecule has 0 atom stereocenters. The number of ketones is 1. The van der Waals surface area contributed by atoms with Gasteiger partial charge in [-0.1, -0.05) is 0 Å². The summed E-state index contributed by atoms with van der Waals surface area (Å²) < 4.78 is 16.2. The molecule has 0 radical (unpaired) electrons. The molecule has 0 heterocycles. The normalized spacial score (nSPS) is 11.2. The lowest BCUT2D eigenvalue weighted by molar-refractivity contribution is 0.00525. The lowest BCUT2D eigenvalue weighted by Crippen LogP contribution is -2.25. The molecule has 0 spiro atoms. The maximum atomic E-state index is 11.3. The van der Waals surface area contributed by atoms with E-state index >= 15 is 0 Å². The number of rotatable bonds is 7. The minimum atomic E-state index is -0.216. The van der Waals surface area contributed by atoms with Gasteiger partial charge >= 0.3 is 0 Å². The third-order valence-corrected chi connectivity index (χ3v) is 3.08. The maximum Gasteiger partial charge on any atom is 0.161 e. The summed E-state index contributed by atoms with van der Waals surface area (Å²) in [5.41, 5.74) is 0.397. The highest BCUT2D eigenvalue weighted by Gasteiger charge is 2.16. The Bertz CT molecular complexity index is 438. The summed E-state index contributed by atoms with van der Waals surface area (Å²) in [6, 6.07) is 5.19. The van der Waals surface area contributed by atoms with E-state index < -0.39 is 0 Å². The van der Waals surface area contributed by atoms with Crippen LogP contribution < -0.4 is 9.47 Å². The first-order valence-corrected chi connectivity index (χ1v) is 6.26. The topological polar surface area (TPSA) is 44.8 Å². The monoisotopic (exact) mass is 266 g/mol. The summed E-state index contributed by atoms with van der Waals surface area (Å²) in [4.78, 5) is 11.3. The molecule has 0 fully saturated rings. The molecule has 0 bridgehead atoms. The predicted molar refractivity (Wildman–Crippen MR) is 74.2 cm³/mol. The molecular formula is C15H22O4. The number of Topliss-reactive ketones (excluding diaryl/α,β-unsaturated/α-hetero) is 1. The van der Waals surface area contributed by atoms with E-state index in [1.54, 1.807) is 32.4 Å². The number of hydrogen-bond donors (Lipinski definition) is 0. The second kappa shape index (κ2) is 6.57. The van der Waals surface area contributed by atoms with E-state index in [1.807, 2.05) is 13.8 Å². The summed E-state index contributed by atoms with van der Waals surface area (Å²) in [6.07, 6.45) is 0.765. The highest BCUT2D eigenvalue weighted by molar-refractivity contribution is 5.94. The van der Waals surface area contributed by atoms with Gasteiger partial charge in [-0.2, -0.15) is 0 Å². The highest BCUT2D eigenvalue weighted by atomic mass is 16.5. The van der Waals surface area contributed by atoms with E-state index in [-0.39, 0.29) is 11.4 Å². The number of carbonyl (C=O) groups excluding carboxylic acids is 1. The average Bonchev–Trinajstić information content (AvgIpc) is 2.38. The van der Waals surface area contributed by atoms with E-state index in [4.69, 9.17) is 14.2 Å². The first-order chi connectivity index (χ1) is 8.89. The second-order valence-corrected chi connectivity index (χ2v) is 4.98. The van der Waals surface area contributed by atoms with Crippen molar-refractivity contribution in [2.45, 2.75) is 32.8 Å². The number of ether oxygens (including phenoxy) is 3. The van der Waals surface area contributed by atoms with Crippen molar-refractivity contribution in [2.75, 3.05) is 20.8 Å². The first-order valence-electron chi connectivity index (χ1n) is 6.26. The molecular weight excluding hydrogens is 244 g/mol. The van der Waals surface area contributed by atoms with Crippen molar-refractivity contribution in [2.24, 2.45) is 0 Å². The van der Waals surface area contributed by atoms with Gasteiger partial charge in [-0.25, -0.2) is 0 Å². The van der Waals surface area contributed by atoms with Crippen LogP contribution in [0.4, 0.5) is 0 Å². The zero-order valence-electron chi connectivity index (χ0n) is 12.3. The summed E-state index contributed by atoms with van der Waals surface area (Å²) in [6.45, 7) is 6.06. The summed E-state index contributed by atoms with van der Waals surface area (Å²) in [7, 11) is 3.24. The van der Waals surface area contributed by atoms with Gasteiger partial charge in [0, 0.05) is 19.1 Å². The fraction of sp³-hybridized carbons (Fsp3) is 0.533. The lowest BCUT2D eigenvalue weighted by atomic mass is 10.1. The summed E-state index contributed by atoms with van der Waals surface area (Å²) in [5, 5.41) is 0. The Morgan fingerprint density at radius 2 is 1.89 bits per heavy atom. The van der Waals surface area contributed by atoms with E-state index in [1.165, 1.54) is 6.92 Å². The molecule has 1 aromatic rings. The fourth-order valence-electron chi connectivity index (χ4n) is 1.51. The van der Waals surface area contributed by atoms with Gasteiger partial charge in [0.2, 0.25) is 0 Å². The van der Waals surface area contributed by atoms with E-state index in [0.29, 0.717) is 23.7 Å². The first kappa shape index (κ1) is 15.5. The van der Waals surface area contributed by atoms with Crippen molar-refractivity contribution >= 4 is 5.78 Å². The zero-order chi connectivity index (χ0) is 14.5.